The zero-order valence-corrected chi connectivity index (χ0v) is 16.5. The second kappa shape index (κ2) is 7.63. The number of aryl methyl sites for hydroxylation is 1. The number of ether oxygens (including phenoxy) is 1. The first-order valence-corrected chi connectivity index (χ1v) is 9.41. The Morgan fingerprint density at radius 3 is 2.43 bits per heavy atom. The molecule has 0 bridgehead atoms. The first-order valence-electron chi connectivity index (χ1n) is 8.65. The number of pyridine rings is 1. The van der Waals surface area contributed by atoms with E-state index in [1.54, 1.807) is 18.2 Å². The number of carbonyl (C=O) groups is 1. The van der Waals surface area contributed by atoms with Gasteiger partial charge < -0.3 is 4.74 Å². The average Bonchev–Trinajstić information content (AvgIpc) is 2.69. The van der Waals surface area contributed by atoms with Gasteiger partial charge in [0.1, 0.15) is 5.75 Å². The Morgan fingerprint density at radius 1 is 0.929 bits per heavy atom. The highest BCUT2D eigenvalue weighted by atomic mass is 35.5. The molecule has 28 heavy (non-hydrogen) atoms. The van der Waals surface area contributed by atoms with Gasteiger partial charge in [-0.15, -0.1) is 0 Å². The zero-order valence-electron chi connectivity index (χ0n) is 14.9. The molecule has 5 heteroatoms. The second-order valence-electron chi connectivity index (χ2n) is 6.40. The monoisotopic (exact) mass is 407 g/mol. The molecule has 1 heterocycles. The van der Waals surface area contributed by atoms with Gasteiger partial charge in [-0.2, -0.15) is 0 Å². The van der Waals surface area contributed by atoms with Crippen molar-refractivity contribution in [3.8, 4) is 17.0 Å². The molecule has 0 N–H and O–H groups in total. The molecule has 4 rings (SSSR count). The number of esters is 1. The number of hydrogen-bond donors (Lipinski definition) is 0. The van der Waals surface area contributed by atoms with Crippen LogP contribution in [0.5, 0.6) is 5.75 Å². The molecule has 0 aliphatic heterocycles. The Hall–Kier alpha value is -2.88. The predicted octanol–water partition coefficient (Wildman–Crippen LogP) is 6.74. The molecule has 0 atom stereocenters. The summed E-state index contributed by atoms with van der Waals surface area (Å²) in [4.78, 5) is 17.7. The van der Waals surface area contributed by atoms with Crippen LogP contribution in [0.2, 0.25) is 10.0 Å². The number of carbonyl (C=O) groups excluding carboxylic acids is 1. The van der Waals surface area contributed by atoms with E-state index in [2.05, 4.69) is 0 Å². The minimum Gasteiger partial charge on any atom is -0.421 e. The number of nitrogens with zero attached hydrogens (tertiary/aromatic N) is 1. The molecule has 138 valence electrons. The van der Waals surface area contributed by atoms with Gasteiger partial charge in [0.15, 0.2) is 0 Å². The van der Waals surface area contributed by atoms with E-state index in [4.69, 9.17) is 32.9 Å². The average molecular weight is 408 g/mol. The van der Waals surface area contributed by atoms with Crippen molar-refractivity contribution in [3.05, 3.63) is 94.0 Å². The molecular formula is C23H15Cl2NO2. The maximum atomic E-state index is 13.0. The third-order valence-electron chi connectivity index (χ3n) is 4.38. The van der Waals surface area contributed by atoms with E-state index in [-0.39, 0.29) is 10.8 Å². The fourth-order valence-corrected chi connectivity index (χ4v) is 3.38. The van der Waals surface area contributed by atoms with Crippen LogP contribution in [0.1, 0.15) is 15.9 Å². The SMILES string of the molecule is Cc1ccc(-c2cc(C(=O)Oc3ccc(Cl)cc3Cl)c3ccccc3n2)cc1. The lowest BCUT2D eigenvalue weighted by Gasteiger charge is -2.11. The van der Waals surface area contributed by atoms with E-state index >= 15 is 0 Å². The third-order valence-corrected chi connectivity index (χ3v) is 4.91. The van der Waals surface area contributed by atoms with Crippen molar-refractivity contribution in [1.29, 1.82) is 0 Å². The van der Waals surface area contributed by atoms with Crippen LogP contribution in [0.25, 0.3) is 22.2 Å². The summed E-state index contributed by atoms with van der Waals surface area (Å²) in [5, 5.41) is 1.47. The maximum absolute atomic E-state index is 13.0. The minimum absolute atomic E-state index is 0.258. The second-order valence-corrected chi connectivity index (χ2v) is 7.25. The Kier molecular flexibility index (Phi) is 5.03. The smallest absolute Gasteiger partial charge is 0.344 e. The highest BCUT2D eigenvalue weighted by molar-refractivity contribution is 6.35. The van der Waals surface area contributed by atoms with E-state index in [9.17, 15) is 4.79 Å². The summed E-state index contributed by atoms with van der Waals surface area (Å²) in [7, 11) is 0. The van der Waals surface area contributed by atoms with Crippen molar-refractivity contribution < 1.29 is 9.53 Å². The molecule has 0 saturated heterocycles. The van der Waals surface area contributed by atoms with Gasteiger partial charge in [-0.3, -0.25) is 0 Å². The summed E-state index contributed by atoms with van der Waals surface area (Å²) < 4.78 is 5.55. The molecule has 0 saturated carbocycles. The van der Waals surface area contributed by atoms with Crippen LogP contribution in [0.4, 0.5) is 0 Å². The largest absolute Gasteiger partial charge is 0.421 e. The van der Waals surface area contributed by atoms with Crippen LogP contribution >= 0.6 is 23.2 Å². The lowest BCUT2D eigenvalue weighted by molar-refractivity contribution is 0.0737. The van der Waals surface area contributed by atoms with Crippen molar-refractivity contribution >= 4 is 40.1 Å². The predicted molar refractivity (Wildman–Crippen MR) is 113 cm³/mol. The summed E-state index contributed by atoms with van der Waals surface area (Å²) >= 11 is 12.1. The van der Waals surface area contributed by atoms with Crippen LogP contribution in [0.15, 0.2) is 72.8 Å². The topological polar surface area (TPSA) is 39.2 Å². The molecule has 0 aliphatic rings. The zero-order chi connectivity index (χ0) is 19.7. The maximum Gasteiger partial charge on any atom is 0.344 e. The van der Waals surface area contributed by atoms with Crippen LogP contribution in [0.3, 0.4) is 0 Å². The third kappa shape index (κ3) is 3.72. The Labute approximate surface area is 172 Å². The molecule has 0 amide bonds. The van der Waals surface area contributed by atoms with Crippen LogP contribution in [-0.2, 0) is 0 Å². The summed E-state index contributed by atoms with van der Waals surface area (Å²) in [5.74, 6) is -0.245. The number of fused-ring (bicyclic) bond motifs is 1. The molecule has 4 aromatic rings. The number of halogens is 2. The van der Waals surface area contributed by atoms with Crippen molar-refractivity contribution in [2.45, 2.75) is 6.92 Å². The van der Waals surface area contributed by atoms with Crippen LogP contribution in [0, 0.1) is 6.92 Å². The van der Waals surface area contributed by atoms with Gasteiger partial charge in [-0.05, 0) is 37.3 Å². The first-order chi connectivity index (χ1) is 13.5. The lowest BCUT2D eigenvalue weighted by Crippen LogP contribution is -2.10. The summed E-state index contributed by atoms with van der Waals surface area (Å²) in [6.07, 6.45) is 0. The number of rotatable bonds is 3. The molecule has 0 spiro atoms. The number of para-hydroxylation sites is 1. The Balaban J connectivity index is 1.80. The van der Waals surface area contributed by atoms with E-state index in [0.717, 1.165) is 16.6 Å². The highest BCUT2D eigenvalue weighted by Gasteiger charge is 2.17. The van der Waals surface area contributed by atoms with E-state index < -0.39 is 5.97 Å². The normalized spacial score (nSPS) is 10.8. The lowest BCUT2D eigenvalue weighted by atomic mass is 10.0. The molecule has 0 fully saturated rings. The van der Waals surface area contributed by atoms with Crippen LogP contribution < -0.4 is 4.74 Å². The van der Waals surface area contributed by atoms with Crippen molar-refractivity contribution in [2.75, 3.05) is 0 Å². The van der Waals surface area contributed by atoms with E-state index in [0.29, 0.717) is 21.7 Å². The Morgan fingerprint density at radius 2 is 1.68 bits per heavy atom. The van der Waals surface area contributed by atoms with Gasteiger partial charge in [0.25, 0.3) is 0 Å². The summed E-state index contributed by atoms with van der Waals surface area (Å²) in [6.45, 7) is 2.02. The fraction of sp³-hybridized carbons (Fsp3) is 0.0435. The molecule has 0 radical (unpaired) electrons. The Bertz CT molecular complexity index is 1190. The van der Waals surface area contributed by atoms with Crippen molar-refractivity contribution in [3.63, 3.8) is 0 Å². The molecule has 3 nitrogen and oxygen atoms in total. The van der Waals surface area contributed by atoms with Gasteiger partial charge >= 0.3 is 5.97 Å². The van der Waals surface area contributed by atoms with Crippen molar-refractivity contribution in [1.82, 2.24) is 4.98 Å². The number of aromatic nitrogens is 1. The van der Waals surface area contributed by atoms with Gasteiger partial charge in [0.05, 0.1) is 21.8 Å². The standard InChI is InChI=1S/C23H15Cl2NO2/c1-14-6-8-15(9-7-14)21-13-18(17-4-2-3-5-20(17)26-21)23(27)28-22-11-10-16(24)12-19(22)25/h2-13H,1H3. The molecule has 1 aromatic heterocycles. The molecule has 0 unspecified atom stereocenters. The number of hydrogen-bond acceptors (Lipinski definition) is 3. The molecule has 0 aliphatic carbocycles. The fourth-order valence-electron chi connectivity index (χ4n) is 2.93. The van der Waals surface area contributed by atoms with Crippen LogP contribution in [-0.4, -0.2) is 11.0 Å². The summed E-state index contributed by atoms with van der Waals surface area (Å²) in [6, 6.07) is 21.9. The van der Waals surface area contributed by atoms with Gasteiger partial charge in [0.2, 0.25) is 0 Å². The van der Waals surface area contributed by atoms with E-state index in [1.807, 2.05) is 55.5 Å². The number of benzene rings is 3. The first kappa shape index (κ1) is 18.5. The van der Waals surface area contributed by atoms with Gasteiger partial charge in [0, 0.05) is 16.0 Å². The highest BCUT2D eigenvalue weighted by Crippen LogP contribution is 2.30. The molecule has 3 aromatic carbocycles. The van der Waals surface area contributed by atoms with Crippen molar-refractivity contribution in [2.24, 2.45) is 0 Å². The quantitative estimate of drug-likeness (QED) is 0.279. The van der Waals surface area contributed by atoms with Gasteiger partial charge in [-0.25, -0.2) is 9.78 Å². The summed E-state index contributed by atoms with van der Waals surface area (Å²) in [5.41, 5.74) is 3.92. The van der Waals surface area contributed by atoms with E-state index in [1.165, 1.54) is 6.07 Å². The van der Waals surface area contributed by atoms with Gasteiger partial charge in [-0.1, -0.05) is 71.2 Å². The minimum atomic E-state index is -0.504. The molecular weight excluding hydrogens is 393 g/mol.